The molecular formula is C27H31N7O2S. The largest absolute Gasteiger partial charge is 0.507 e. The molecule has 6 rings (SSSR count). The van der Waals surface area contributed by atoms with Gasteiger partial charge in [0.05, 0.1) is 11.2 Å². The lowest BCUT2D eigenvalue weighted by Gasteiger charge is -2.60. The molecule has 0 radical (unpaired) electrons. The average molecular weight is 518 g/mol. The molecule has 2 saturated heterocycles. The van der Waals surface area contributed by atoms with E-state index in [1.165, 1.54) is 0 Å². The number of thiol groups is 1. The van der Waals surface area contributed by atoms with Crippen LogP contribution < -0.4 is 9.80 Å². The van der Waals surface area contributed by atoms with Crippen molar-refractivity contribution in [2.45, 2.75) is 19.9 Å². The number of aromatic hydroxyl groups is 1. The first-order valence-electron chi connectivity index (χ1n) is 12.3. The van der Waals surface area contributed by atoms with E-state index in [-0.39, 0.29) is 23.1 Å². The molecule has 2 aliphatic heterocycles. The Bertz CT molecular complexity index is 1410. The first kappa shape index (κ1) is 25.0. The van der Waals surface area contributed by atoms with Gasteiger partial charge in [-0.15, -0.1) is 15.3 Å². The number of fused-ring (bicyclic) bond motifs is 1. The third-order valence-electron chi connectivity index (χ3n) is 7.13. The van der Waals surface area contributed by atoms with Crippen molar-refractivity contribution in [3.05, 3.63) is 54.9 Å². The van der Waals surface area contributed by atoms with Crippen molar-refractivity contribution in [2.75, 3.05) is 42.2 Å². The maximum atomic E-state index is 11.4. The molecule has 192 valence electrons. The van der Waals surface area contributed by atoms with Crippen molar-refractivity contribution < 1.29 is 9.90 Å². The zero-order chi connectivity index (χ0) is 26.2. The van der Waals surface area contributed by atoms with Crippen LogP contribution in [-0.2, 0) is 4.79 Å². The summed E-state index contributed by atoms with van der Waals surface area (Å²) < 4.78 is 1.67. The fourth-order valence-corrected chi connectivity index (χ4v) is 5.17. The maximum absolute atomic E-state index is 11.4. The van der Waals surface area contributed by atoms with E-state index in [4.69, 9.17) is 0 Å². The van der Waals surface area contributed by atoms with Crippen LogP contribution in [0.15, 0.2) is 54.9 Å². The maximum Gasteiger partial charge on any atom is 0.244 e. The SMILES string of the molecule is CC(C)C(C=O)n1cnc(N2CC3(CN(c4ccc5cc(-c6ccccc6O)nnc5c4)C3)C2)n1.CS. The number of benzene rings is 2. The molecule has 10 heteroatoms. The quantitative estimate of drug-likeness (QED) is 0.294. The smallest absolute Gasteiger partial charge is 0.244 e. The highest BCUT2D eigenvalue weighted by Crippen LogP contribution is 2.43. The van der Waals surface area contributed by atoms with Crippen LogP contribution in [-0.4, -0.2) is 68.8 Å². The Morgan fingerprint density at radius 3 is 2.43 bits per heavy atom. The van der Waals surface area contributed by atoms with Gasteiger partial charge < -0.3 is 19.7 Å². The molecule has 2 aromatic carbocycles. The van der Waals surface area contributed by atoms with Crippen LogP contribution in [0, 0.1) is 11.3 Å². The van der Waals surface area contributed by atoms with Gasteiger partial charge in [0.25, 0.3) is 0 Å². The molecule has 2 fully saturated rings. The van der Waals surface area contributed by atoms with Gasteiger partial charge in [0.1, 0.15) is 24.4 Å². The van der Waals surface area contributed by atoms with Gasteiger partial charge in [-0.3, -0.25) is 0 Å². The number of carbonyl (C=O) groups is 1. The van der Waals surface area contributed by atoms with Gasteiger partial charge >= 0.3 is 0 Å². The minimum Gasteiger partial charge on any atom is -0.507 e. The second-order valence-corrected chi connectivity index (χ2v) is 10.1. The van der Waals surface area contributed by atoms with Crippen LogP contribution in [0.1, 0.15) is 19.9 Å². The fourth-order valence-electron chi connectivity index (χ4n) is 5.17. The number of hydrogen-bond donors (Lipinski definition) is 2. The minimum absolute atomic E-state index is 0.175. The second-order valence-electron chi connectivity index (χ2n) is 10.1. The Hall–Kier alpha value is -3.66. The third-order valence-corrected chi connectivity index (χ3v) is 7.13. The summed E-state index contributed by atoms with van der Waals surface area (Å²) in [6.45, 7) is 7.79. The molecule has 37 heavy (non-hydrogen) atoms. The summed E-state index contributed by atoms with van der Waals surface area (Å²) in [7, 11) is 0. The zero-order valence-corrected chi connectivity index (χ0v) is 22.1. The predicted molar refractivity (Wildman–Crippen MR) is 148 cm³/mol. The third kappa shape index (κ3) is 4.61. The summed E-state index contributed by atoms with van der Waals surface area (Å²) in [6, 6.07) is 15.1. The van der Waals surface area contributed by atoms with E-state index in [9.17, 15) is 9.90 Å². The minimum atomic E-state index is -0.281. The molecule has 1 N–H and O–H groups in total. The number of hydrogen-bond acceptors (Lipinski definition) is 9. The van der Waals surface area contributed by atoms with Crippen LogP contribution in [0.4, 0.5) is 11.6 Å². The van der Waals surface area contributed by atoms with Crippen molar-refractivity contribution in [1.29, 1.82) is 0 Å². The summed E-state index contributed by atoms with van der Waals surface area (Å²) in [5, 5.41) is 24.4. The standard InChI is InChI=1S/C26H27N7O2.CH4S/c1-17(2)23(11-34)33-16-27-25(30-33)32-14-26(15-32)12-31(13-26)19-8-7-18-9-22(29-28-21(18)10-19)20-5-3-4-6-24(20)35;1-2/h3-11,16-17,23,35H,12-15H2,1-2H3;2H,1H3. The number of phenolic OH excluding ortho intramolecular Hbond substituents is 1. The first-order chi connectivity index (χ1) is 17.9. The van der Waals surface area contributed by atoms with Gasteiger partial charge in [-0.2, -0.15) is 12.6 Å². The summed E-state index contributed by atoms with van der Waals surface area (Å²) in [5.74, 6) is 1.07. The zero-order valence-electron chi connectivity index (χ0n) is 21.2. The Kier molecular flexibility index (Phi) is 6.76. The van der Waals surface area contributed by atoms with Crippen LogP contribution in [0.2, 0.25) is 0 Å². The van der Waals surface area contributed by atoms with E-state index in [1.807, 2.05) is 32.0 Å². The molecule has 1 unspecified atom stereocenters. The predicted octanol–water partition coefficient (Wildman–Crippen LogP) is 3.86. The van der Waals surface area contributed by atoms with E-state index in [2.05, 4.69) is 60.9 Å². The molecule has 0 saturated carbocycles. The Labute approximate surface area is 221 Å². The van der Waals surface area contributed by atoms with E-state index < -0.39 is 0 Å². The van der Waals surface area contributed by atoms with Crippen LogP contribution in [0.25, 0.3) is 22.2 Å². The normalized spacial score (nSPS) is 16.7. The number of anilines is 2. The number of nitrogens with zero attached hydrogens (tertiary/aromatic N) is 7. The van der Waals surface area contributed by atoms with Crippen molar-refractivity contribution in [3.8, 4) is 17.0 Å². The van der Waals surface area contributed by atoms with Gasteiger partial charge in [0, 0.05) is 48.2 Å². The summed E-state index contributed by atoms with van der Waals surface area (Å²) >= 11 is 3.53. The Morgan fingerprint density at radius 2 is 1.73 bits per heavy atom. The molecule has 0 bridgehead atoms. The van der Waals surface area contributed by atoms with E-state index in [1.54, 1.807) is 29.4 Å². The van der Waals surface area contributed by atoms with E-state index in [0.717, 1.165) is 49.1 Å². The van der Waals surface area contributed by atoms with Gasteiger partial charge in [-0.25, -0.2) is 9.67 Å². The molecule has 0 aliphatic carbocycles. The summed E-state index contributed by atoms with van der Waals surface area (Å²) in [5.41, 5.74) is 3.56. The molecule has 1 spiro atoms. The Morgan fingerprint density at radius 1 is 1.00 bits per heavy atom. The highest BCUT2D eigenvalue weighted by atomic mass is 32.1. The van der Waals surface area contributed by atoms with Crippen LogP contribution in [0.3, 0.4) is 0 Å². The van der Waals surface area contributed by atoms with E-state index in [0.29, 0.717) is 17.2 Å². The highest BCUT2D eigenvalue weighted by molar-refractivity contribution is 7.79. The molecule has 4 aromatic rings. The lowest BCUT2D eigenvalue weighted by atomic mass is 9.72. The van der Waals surface area contributed by atoms with Crippen LogP contribution >= 0.6 is 12.6 Å². The van der Waals surface area contributed by atoms with Crippen molar-refractivity contribution >= 4 is 41.5 Å². The van der Waals surface area contributed by atoms with Crippen molar-refractivity contribution in [3.63, 3.8) is 0 Å². The first-order valence-corrected chi connectivity index (χ1v) is 13.2. The molecule has 2 aliphatic rings. The monoisotopic (exact) mass is 517 g/mol. The second kappa shape index (κ2) is 10.0. The summed E-state index contributed by atoms with van der Waals surface area (Å²) in [4.78, 5) is 20.4. The average Bonchev–Trinajstić information content (AvgIpc) is 3.33. The number of aromatic nitrogens is 5. The molecule has 4 heterocycles. The summed E-state index contributed by atoms with van der Waals surface area (Å²) in [6.07, 6.45) is 4.29. The number of carbonyl (C=O) groups excluding carboxylic acids is 1. The van der Waals surface area contributed by atoms with Crippen molar-refractivity contribution in [2.24, 2.45) is 11.3 Å². The molecule has 1 atom stereocenters. The lowest BCUT2D eigenvalue weighted by Crippen LogP contribution is -2.72. The Balaban J connectivity index is 0.00000137. The highest BCUT2D eigenvalue weighted by Gasteiger charge is 2.52. The number of rotatable bonds is 6. The molecular weight excluding hydrogens is 486 g/mol. The van der Waals surface area contributed by atoms with E-state index >= 15 is 0 Å². The molecule has 0 amide bonds. The topological polar surface area (TPSA) is 100 Å². The number of para-hydroxylation sites is 1. The van der Waals surface area contributed by atoms with Gasteiger partial charge in [0.2, 0.25) is 5.95 Å². The van der Waals surface area contributed by atoms with Gasteiger partial charge in [-0.1, -0.05) is 32.0 Å². The van der Waals surface area contributed by atoms with Gasteiger partial charge in [0.15, 0.2) is 0 Å². The van der Waals surface area contributed by atoms with Crippen LogP contribution in [0.5, 0.6) is 5.75 Å². The lowest BCUT2D eigenvalue weighted by molar-refractivity contribution is -0.111. The number of aldehydes is 1. The fraction of sp³-hybridized carbons (Fsp3) is 0.370. The molecule has 2 aromatic heterocycles. The number of phenols is 1. The van der Waals surface area contributed by atoms with Gasteiger partial charge in [-0.05, 0) is 42.5 Å². The molecule has 9 nitrogen and oxygen atoms in total. The van der Waals surface area contributed by atoms with Crippen molar-refractivity contribution in [1.82, 2.24) is 25.0 Å².